The molecule has 1 aromatic rings. The molecule has 2 saturated carbocycles. The van der Waals surface area contributed by atoms with E-state index in [1.807, 2.05) is 29.2 Å². The first-order chi connectivity index (χ1) is 12.1. The number of hydrogen-bond donors (Lipinski definition) is 1. The lowest BCUT2D eigenvalue weighted by molar-refractivity contribution is -0.134. The molecule has 4 rings (SSSR count). The van der Waals surface area contributed by atoms with Crippen molar-refractivity contribution in [3.63, 3.8) is 0 Å². The Bertz CT molecular complexity index is 668. The normalized spacial score (nSPS) is 26.4. The lowest BCUT2D eigenvalue weighted by Crippen LogP contribution is -2.51. The van der Waals surface area contributed by atoms with Gasteiger partial charge in [0, 0.05) is 43.2 Å². The van der Waals surface area contributed by atoms with Gasteiger partial charge in [0.1, 0.15) is 0 Å². The molecule has 25 heavy (non-hydrogen) atoms. The lowest BCUT2D eigenvalue weighted by Gasteiger charge is -2.34. The predicted molar refractivity (Wildman–Crippen MR) is 96.5 cm³/mol. The molecule has 3 aliphatic rings. The van der Waals surface area contributed by atoms with Gasteiger partial charge in [0.05, 0.1) is 6.54 Å². The van der Waals surface area contributed by atoms with Gasteiger partial charge in [-0.25, -0.2) is 0 Å². The molecular formula is C19H24ClN3O2. The average molecular weight is 362 g/mol. The van der Waals surface area contributed by atoms with Gasteiger partial charge in [0.2, 0.25) is 11.8 Å². The van der Waals surface area contributed by atoms with Crippen LogP contribution in [0.3, 0.4) is 0 Å². The maximum Gasteiger partial charge on any atom is 0.234 e. The smallest absolute Gasteiger partial charge is 0.234 e. The van der Waals surface area contributed by atoms with E-state index in [-0.39, 0.29) is 23.7 Å². The van der Waals surface area contributed by atoms with Crippen LogP contribution in [0.5, 0.6) is 0 Å². The highest BCUT2D eigenvalue weighted by molar-refractivity contribution is 6.31. The zero-order chi connectivity index (χ0) is 17.4. The second-order valence-corrected chi connectivity index (χ2v) is 7.82. The van der Waals surface area contributed by atoms with Gasteiger partial charge >= 0.3 is 0 Å². The minimum absolute atomic E-state index is 0.0737. The van der Waals surface area contributed by atoms with Gasteiger partial charge in [-0.05, 0) is 36.8 Å². The van der Waals surface area contributed by atoms with Crippen LogP contribution in [0, 0.1) is 5.92 Å². The summed E-state index contributed by atoms with van der Waals surface area (Å²) in [5.74, 6) is 0.698. The van der Waals surface area contributed by atoms with E-state index in [2.05, 4.69) is 10.2 Å². The van der Waals surface area contributed by atoms with Gasteiger partial charge in [0.25, 0.3) is 0 Å². The number of nitrogens with one attached hydrogen (secondary N) is 1. The first kappa shape index (κ1) is 16.9. The monoisotopic (exact) mass is 361 g/mol. The minimum Gasteiger partial charge on any atom is -0.352 e. The van der Waals surface area contributed by atoms with Gasteiger partial charge in [-0.15, -0.1) is 0 Å². The fourth-order valence-corrected chi connectivity index (χ4v) is 3.93. The number of piperazine rings is 1. The highest BCUT2D eigenvalue weighted by atomic mass is 35.5. The first-order valence-electron chi connectivity index (χ1n) is 9.17. The molecule has 5 nitrogen and oxygen atoms in total. The first-order valence-corrected chi connectivity index (χ1v) is 9.54. The molecule has 134 valence electrons. The van der Waals surface area contributed by atoms with Crippen LogP contribution >= 0.6 is 11.6 Å². The number of benzene rings is 1. The largest absolute Gasteiger partial charge is 0.352 e. The van der Waals surface area contributed by atoms with Crippen molar-refractivity contribution in [2.75, 3.05) is 32.7 Å². The molecular weight excluding hydrogens is 338 g/mol. The molecule has 3 fully saturated rings. The summed E-state index contributed by atoms with van der Waals surface area (Å²) in [7, 11) is 0. The second kappa shape index (κ2) is 6.96. The standard InChI is InChI=1S/C19H24ClN3O2/c20-17-4-2-1-3-14(17)15-11-16(15)19(25)23-9-7-22(8-10-23)12-18(24)21-13-5-6-13/h1-4,13,15-16H,5-12H2,(H,21,24). The van der Waals surface area contributed by atoms with Gasteiger partial charge in [0.15, 0.2) is 0 Å². The van der Waals surface area contributed by atoms with Crippen molar-refractivity contribution in [2.24, 2.45) is 5.92 Å². The number of nitrogens with zero attached hydrogens (tertiary/aromatic N) is 2. The van der Waals surface area contributed by atoms with Crippen molar-refractivity contribution in [2.45, 2.75) is 31.2 Å². The Balaban J connectivity index is 1.25. The van der Waals surface area contributed by atoms with E-state index in [0.29, 0.717) is 25.7 Å². The van der Waals surface area contributed by atoms with E-state index in [1.165, 1.54) is 0 Å². The van der Waals surface area contributed by atoms with Gasteiger partial charge in [-0.3, -0.25) is 14.5 Å². The Morgan fingerprint density at radius 2 is 1.84 bits per heavy atom. The third-order valence-electron chi connectivity index (χ3n) is 5.41. The van der Waals surface area contributed by atoms with E-state index in [1.54, 1.807) is 0 Å². The highest BCUT2D eigenvalue weighted by Gasteiger charge is 2.46. The Morgan fingerprint density at radius 3 is 2.52 bits per heavy atom. The van der Waals surface area contributed by atoms with E-state index < -0.39 is 0 Å². The zero-order valence-electron chi connectivity index (χ0n) is 14.3. The zero-order valence-corrected chi connectivity index (χ0v) is 15.0. The molecule has 2 unspecified atom stereocenters. The number of hydrogen-bond acceptors (Lipinski definition) is 3. The van der Waals surface area contributed by atoms with E-state index in [4.69, 9.17) is 11.6 Å². The number of carbonyl (C=O) groups is 2. The Hall–Kier alpha value is -1.59. The molecule has 6 heteroatoms. The average Bonchev–Trinajstić information content (AvgIpc) is 3.50. The van der Waals surface area contributed by atoms with Crippen LogP contribution < -0.4 is 5.32 Å². The Labute approximate surface area is 153 Å². The summed E-state index contributed by atoms with van der Waals surface area (Å²) >= 11 is 6.25. The number of carbonyl (C=O) groups excluding carboxylic acids is 2. The van der Waals surface area contributed by atoms with Crippen LogP contribution in [0.15, 0.2) is 24.3 Å². The topological polar surface area (TPSA) is 52.7 Å². The van der Waals surface area contributed by atoms with E-state index >= 15 is 0 Å². The molecule has 2 aliphatic carbocycles. The molecule has 2 atom stereocenters. The van der Waals surface area contributed by atoms with E-state index in [0.717, 1.165) is 42.9 Å². The molecule has 1 heterocycles. The fourth-order valence-electron chi connectivity index (χ4n) is 3.65. The summed E-state index contributed by atoms with van der Waals surface area (Å²) < 4.78 is 0. The van der Waals surface area contributed by atoms with Crippen molar-refractivity contribution in [1.82, 2.24) is 15.1 Å². The number of amides is 2. The number of rotatable bonds is 5. The lowest BCUT2D eigenvalue weighted by atomic mass is 10.1. The van der Waals surface area contributed by atoms with Crippen molar-refractivity contribution in [1.29, 1.82) is 0 Å². The Morgan fingerprint density at radius 1 is 1.12 bits per heavy atom. The summed E-state index contributed by atoms with van der Waals surface area (Å²) in [5.41, 5.74) is 1.10. The van der Waals surface area contributed by atoms with Gasteiger partial charge < -0.3 is 10.2 Å². The SMILES string of the molecule is O=C(CN1CCN(C(=O)C2CC2c2ccccc2Cl)CC1)NC1CC1. The van der Waals surface area contributed by atoms with Crippen molar-refractivity contribution < 1.29 is 9.59 Å². The van der Waals surface area contributed by atoms with Gasteiger partial charge in [-0.1, -0.05) is 29.8 Å². The van der Waals surface area contributed by atoms with Crippen molar-refractivity contribution in [3.05, 3.63) is 34.9 Å². The minimum atomic E-state index is 0.0737. The Kier molecular flexibility index (Phi) is 4.69. The van der Waals surface area contributed by atoms with Gasteiger partial charge in [-0.2, -0.15) is 0 Å². The fraction of sp³-hybridized carbons (Fsp3) is 0.579. The quantitative estimate of drug-likeness (QED) is 0.871. The summed E-state index contributed by atoms with van der Waals surface area (Å²) in [6, 6.07) is 8.22. The summed E-state index contributed by atoms with van der Waals surface area (Å²) in [6.45, 7) is 3.41. The molecule has 0 radical (unpaired) electrons. The van der Waals surface area contributed by atoms with Crippen molar-refractivity contribution in [3.8, 4) is 0 Å². The molecule has 1 aliphatic heterocycles. The van der Waals surface area contributed by atoms with Crippen LogP contribution in [0.4, 0.5) is 0 Å². The predicted octanol–water partition coefficient (Wildman–Crippen LogP) is 1.87. The van der Waals surface area contributed by atoms with Crippen LogP contribution in [0.2, 0.25) is 5.02 Å². The molecule has 0 aromatic heterocycles. The molecule has 1 aromatic carbocycles. The maximum atomic E-state index is 12.7. The summed E-state index contributed by atoms with van der Waals surface area (Å²) in [6.07, 6.45) is 3.12. The van der Waals surface area contributed by atoms with Crippen LogP contribution in [0.1, 0.15) is 30.7 Å². The second-order valence-electron chi connectivity index (χ2n) is 7.41. The molecule has 1 N–H and O–H groups in total. The van der Waals surface area contributed by atoms with Crippen LogP contribution in [-0.4, -0.2) is 60.4 Å². The van der Waals surface area contributed by atoms with Crippen LogP contribution in [-0.2, 0) is 9.59 Å². The third kappa shape index (κ3) is 3.98. The highest BCUT2D eigenvalue weighted by Crippen LogP contribution is 2.50. The molecule has 0 spiro atoms. The van der Waals surface area contributed by atoms with Crippen LogP contribution in [0.25, 0.3) is 0 Å². The maximum absolute atomic E-state index is 12.7. The third-order valence-corrected chi connectivity index (χ3v) is 5.75. The number of halogens is 1. The summed E-state index contributed by atoms with van der Waals surface area (Å²) in [5, 5.41) is 3.78. The molecule has 1 saturated heterocycles. The summed E-state index contributed by atoms with van der Waals surface area (Å²) in [4.78, 5) is 28.7. The molecule has 2 amide bonds. The molecule has 0 bridgehead atoms. The van der Waals surface area contributed by atoms with Crippen molar-refractivity contribution >= 4 is 23.4 Å². The van der Waals surface area contributed by atoms with E-state index in [9.17, 15) is 9.59 Å².